The lowest BCUT2D eigenvalue weighted by atomic mass is 10.0. The van der Waals surface area contributed by atoms with Gasteiger partial charge in [0.1, 0.15) is 5.82 Å². The van der Waals surface area contributed by atoms with Crippen LogP contribution in [0.2, 0.25) is 0 Å². The second-order valence-corrected chi connectivity index (χ2v) is 4.55. The Kier molecular flexibility index (Phi) is 2.65. The van der Waals surface area contributed by atoms with Crippen molar-refractivity contribution in [2.75, 3.05) is 0 Å². The Hall–Kier alpha value is -1.09. The second-order valence-electron chi connectivity index (χ2n) is 3.53. The highest BCUT2D eigenvalue weighted by atomic mass is 32.2. The van der Waals surface area contributed by atoms with Crippen molar-refractivity contribution in [2.45, 2.75) is 19.6 Å². The number of Topliss-reactive ketones (excluding diaryl/α,β-unsaturated/α-hetero) is 1. The summed E-state index contributed by atoms with van der Waals surface area (Å²) in [7, 11) is 0. The Morgan fingerprint density at radius 1 is 1.47 bits per heavy atom. The van der Waals surface area contributed by atoms with Crippen LogP contribution in [0.4, 0.5) is 4.39 Å². The molecular weight excluding hydrogens is 211 g/mol. The van der Waals surface area contributed by atoms with Gasteiger partial charge in [0.05, 0.1) is 4.91 Å². The number of benzene rings is 1. The summed E-state index contributed by atoms with van der Waals surface area (Å²) in [6.07, 6.45) is 1.81. The SMILES string of the molecule is C/C=C1\SCc2cc(F)c(C)cc2C1=O. The molecule has 0 N–H and O–H groups in total. The predicted molar refractivity (Wildman–Crippen MR) is 60.5 cm³/mol. The first-order valence-electron chi connectivity index (χ1n) is 4.76. The van der Waals surface area contributed by atoms with E-state index in [4.69, 9.17) is 0 Å². The highest BCUT2D eigenvalue weighted by Gasteiger charge is 2.22. The van der Waals surface area contributed by atoms with Crippen LogP contribution in [0.25, 0.3) is 0 Å². The van der Waals surface area contributed by atoms with E-state index < -0.39 is 0 Å². The van der Waals surface area contributed by atoms with Gasteiger partial charge in [0.2, 0.25) is 0 Å². The normalized spacial score (nSPS) is 18.1. The molecule has 15 heavy (non-hydrogen) atoms. The van der Waals surface area contributed by atoms with Crippen LogP contribution >= 0.6 is 11.8 Å². The molecule has 0 aromatic heterocycles. The molecule has 0 unspecified atom stereocenters. The van der Waals surface area contributed by atoms with Gasteiger partial charge in [-0.2, -0.15) is 0 Å². The number of rotatable bonds is 0. The monoisotopic (exact) mass is 222 g/mol. The molecule has 0 saturated carbocycles. The van der Waals surface area contributed by atoms with Crippen LogP contribution in [0.1, 0.15) is 28.4 Å². The number of carbonyl (C=O) groups excluding carboxylic acids is 1. The maximum atomic E-state index is 13.3. The molecule has 0 atom stereocenters. The van der Waals surface area contributed by atoms with Gasteiger partial charge in [0.25, 0.3) is 0 Å². The molecule has 0 bridgehead atoms. The van der Waals surface area contributed by atoms with Crippen LogP contribution < -0.4 is 0 Å². The smallest absolute Gasteiger partial charge is 0.199 e. The Labute approximate surface area is 92.4 Å². The number of halogens is 1. The first-order valence-corrected chi connectivity index (χ1v) is 5.75. The summed E-state index contributed by atoms with van der Waals surface area (Å²) in [5.41, 5.74) is 1.99. The molecule has 0 aliphatic carbocycles. The minimum absolute atomic E-state index is 0.0202. The van der Waals surface area contributed by atoms with Gasteiger partial charge in [-0.25, -0.2) is 4.39 Å². The average molecular weight is 222 g/mol. The van der Waals surface area contributed by atoms with Crippen molar-refractivity contribution >= 4 is 17.5 Å². The minimum atomic E-state index is -0.230. The van der Waals surface area contributed by atoms with E-state index in [1.165, 1.54) is 17.8 Å². The Bertz CT molecular complexity index is 463. The zero-order valence-electron chi connectivity index (χ0n) is 8.63. The summed E-state index contributed by atoms with van der Waals surface area (Å²) in [6, 6.07) is 3.12. The molecule has 0 saturated heterocycles. The van der Waals surface area contributed by atoms with E-state index in [1.807, 2.05) is 13.0 Å². The molecule has 0 radical (unpaired) electrons. The van der Waals surface area contributed by atoms with Gasteiger partial charge in [-0.3, -0.25) is 4.79 Å². The zero-order valence-corrected chi connectivity index (χ0v) is 9.45. The predicted octanol–water partition coefficient (Wildman–Crippen LogP) is 3.47. The fourth-order valence-electron chi connectivity index (χ4n) is 1.62. The zero-order chi connectivity index (χ0) is 11.0. The largest absolute Gasteiger partial charge is 0.288 e. The van der Waals surface area contributed by atoms with Crippen LogP contribution in [-0.4, -0.2) is 5.78 Å². The molecule has 78 valence electrons. The fraction of sp³-hybridized carbons (Fsp3) is 0.250. The van der Waals surface area contributed by atoms with Crippen molar-refractivity contribution < 1.29 is 9.18 Å². The number of ketones is 1. The van der Waals surface area contributed by atoms with Crippen molar-refractivity contribution in [1.29, 1.82) is 0 Å². The van der Waals surface area contributed by atoms with Crippen molar-refractivity contribution in [1.82, 2.24) is 0 Å². The third-order valence-corrected chi connectivity index (χ3v) is 3.69. The highest BCUT2D eigenvalue weighted by molar-refractivity contribution is 8.03. The molecule has 1 heterocycles. The summed E-state index contributed by atoms with van der Waals surface area (Å²) in [5, 5.41) is 0. The maximum absolute atomic E-state index is 13.3. The molecule has 1 nitrogen and oxygen atoms in total. The lowest BCUT2D eigenvalue weighted by molar-refractivity contribution is 0.104. The van der Waals surface area contributed by atoms with Crippen LogP contribution in [-0.2, 0) is 5.75 Å². The molecule has 0 fully saturated rings. The van der Waals surface area contributed by atoms with E-state index in [0.717, 1.165) is 10.5 Å². The molecular formula is C12H11FOS. The van der Waals surface area contributed by atoms with E-state index in [0.29, 0.717) is 16.9 Å². The third-order valence-electron chi connectivity index (χ3n) is 2.50. The quantitative estimate of drug-likeness (QED) is 0.625. The van der Waals surface area contributed by atoms with E-state index in [9.17, 15) is 9.18 Å². The van der Waals surface area contributed by atoms with Gasteiger partial charge in [0.15, 0.2) is 5.78 Å². The molecule has 1 aromatic carbocycles. The van der Waals surface area contributed by atoms with Gasteiger partial charge in [-0.1, -0.05) is 6.08 Å². The lowest BCUT2D eigenvalue weighted by Crippen LogP contribution is -2.11. The van der Waals surface area contributed by atoms with E-state index in [-0.39, 0.29) is 11.6 Å². The van der Waals surface area contributed by atoms with Gasteiger partial charge >= 0.3 is 0 Å². The van der Waals surface area contributed by atoms with Gasteiger partial charge in [-0.15, -0.1) is 11.8 Å². The average Bonchev–Trinajstić information content (AvgIpc) is 2.22. The number of carbonyl (C=O) groups is 1. The highest BCUT2D eigenvalue weighted by Crippen LogP contribution is 2.33. The molecule has 2 rings (SSSR count). The molecule has 0 amide bonds. The van der Waals surface area contributed by atoms with Gasteiger partial charge in [-0.05, 0) is 37.1 Å². The van der Waals surface area contributed by atoms with Gasteiger partial charge in [0, 0.05) is 11.3 Å². The number of fused-ring (bicyclic) bond motifs is 1. The topological polar surface area (TPSA) is 17.1 Å². The molecule has 1 aliphatic heterocycles. The Morgan fingerprint density at radius 2 is 2.20 bits per heavy atom. The van der Waals surface area contributed by atoms with Crippen LogP contribution in [0.3, 0.4) is 0 Å². The number of hydrogen-bond donors (Lipinski definition) is 0. The van der Waals surface area contributed by atoms with E-state index in [1.54, 1.807) is 13.0 Å². The number of aryl methyl sites for hydroxylation is 1. The summed E-state index contributed by atoms with van der Waals surface area (Å²) >= 11 is 1.47. The summed E-state index contributed by atoms with van der Waals surface area (Å²) in [6.45, 7) is 3.53. The minimum Gasteiger partial charge on any atom is -0.288 e. The van der Waals surface area contributed by atoms with Crippen LogP contribution in [0.5, 0.6) is 0 Å². The Morgan fingerprint density at radius 3 is 2.87 bits per heavy atom. The molecule has 1 aromatic rings. The van der Waals surface area contributed by atoms with E-state index >= 15 is 0 Å². The molecule has 3 heteroatoms. The summed E-state index contributed by atoms with van der Waals surface area (Å²) in [4.78, 5) is 12.7. The molecule has 1 aliphatic rings. The van der Waals surface area contributed by atoms with Gasteiger partial charge < -0.3 is 0 Å². The number of thioether (sulfide) groups is 1. The van der Waals surface area contributed by atoms with E-state index in [2.05, 4.69) is 0 Å². The number of hydrogen-bond acceptors (Lipinski definition) is 2. The fourth-order valence-corrected chi connectivity index (χ4v) is 2.58. The first kappa shape index (κ1) is 10.4. The first-order chi connectivity index (χ1) is 7.13. The third kappa shape index (κ3) is 1.72. The summed E-state index contributed by atoms with van der Waals surface area (Å²) in [5.74, 6) is 0.468. The number of allylic oxidation sites excluding steroid dienone is 2. The van der Waals surface area contributed by atoms with Crippen LogP contribution in [0.15, 0.2) is 23.1 Å². The van der Waals surface area contributed by atoms with Crippen molar-refractivity contribution in [3.05, 3.63) is 45.6 Å². The lowest BCUT2D eigenvalue weighted by Gasteiger charge is -2.17. The maximum Gasteiger partial charge on any atom is 0.199 e. The van der Waals surface area contributed by atoms with Crippen molar-refractivity contribution in [3.63, 3.8) is 0 Å². The second kappa shape index (κ2) is 3.81. The van der Waals surface area contributed by atoms with Crippen molar-refractivity contribution in [2.24, 2.45) is 0 Å². The summed E-state index contributed by atoms with van der Waals surface area (Å²) < 4.78 is 13.3. The van der Waals surface area contributed by atoms with Crippen molar-refractivity contribution in [3.8, 4) is 0 Å². The van der Waals surface area contributed by atoms with Crippen LogP contribution in [0, 0.1) is 12.7 Å². The Balaban J connectivity index is 2.57. The standard InChI is InChI=1S/C12H11FOS/c1-3-11-12(14)9-4-7(2)10(13)5-8(9)6-15-11/h3-5H,6H2,1-2H3/b11-3-. The molecule has 0 spiro atoms.